The van der Waals surface area contributed by atoms with E-state index in [9.17, 15) is 13.8 Å². The highest BCUT2D eigenvalue weighted by atomic mass is 32.2. The molecule has 25 heavy (non-hydrogen) atoms. The summed E-state index contributed by atoms with van der Waals surface area (Å²) in [5.74, 6) is -2.51. The minimum absolute atomic E-state index is 0.558. The second-order valence-corrected chi connectivity index (χ2v) is 6.97. The fraction of sp³-hybridized carbons (Fsp3) is 0. The summed E-state index contributed by atoms with van der Waals surface area (Å²) in [5, 5.41) is 15.6. The number of aliphatic carboxylic acids is 2. The van der Waals surface area contributed by atoms with E-state index in [1.165, 1.54) is 0 Å². The molecule has 1 aliphatic rings. The molecule has 0 amide bonds. The van der Waals surface area contributed by atoms with Crippen molar-refractivity contribution in [3.05, 3.63) is 71.8 Å². The predicted octanol–water partition coefficient (Wildman–Crippen LogP) is 3.35. The zero-order valence-corrected chi connectivity index (χ0v) is 13.8. The Labute approximate surface area is 144 Å². The van der Waals surface area contributed by atoms with Crippen LogP contribution in [0, 0.1) is 4.78 Å². The molecule has 0 atom stereocenters. The van der Waals surface area contributed by atoms with Crippen LogP contribution in [0.4, 0.5) is 0 Å². The van der Waals surface area contributed by atoms with Crippen LogP contribution in [-0.2, 0) is 19.3 Å². The fourth-order valence-corrected chi connectivity index (χ4v) is 3.91. The van der Waals surface area contributed by atoms with Gasteiger partial charge in [-0.1, -0.05) is 48.6 Å². The third kappa shape index (κ3) is 4.42. The van der Waals surface area contributed by atoms with Crippen LogP contribution in [0.25, 0.3) is 12.2 Å². The Hall–Kier alpha value is -3.19. The van der Waals surface area contributed by atoms with E-state index < -0.39 is 21.7 Å². The van der Waals surface area contributed by atoms with Crippen molar-refractivity contribution in [3.63, 3.8) is 0 Å². The quantitative estimate of drug-likeness (QED) is 0.608. The lowest BCUT2D eigenvalue weighted by atomic mass is 10.1. The molecule has 0 saturated heterocycles. The molecule has 3 N–H and O–H groups in total. The van der Waals surface area contributed by atoms with Crippen LogP contribution < -0.4 is 0 Å². The van der Waals surface area contributed by atoms with Gasteiger partial charge < -0.3 is 10.2 Å². The van der Waals surface area contributed by atoms with Crippen LogP contribution in [0.3, 0.4) is 0 Å². The highest BCUT2D eigenvalue weighted by molar-refractivity contribution is 7.92. The standard InChI is InChI=1S/C14H11NOS.C4H4O4/c15-17(16)13-7-3-1-5-11(13)9-10-12-6-2-4-8-14(12)17;5-3(6)1-2-4(7)8/h1-10,15H;1-2H,(H,5,6)(H,7,8)/b;2-1-. The van der Waals surface area contributed by atoms with Gasteiger partial charge in [0.25, 0.3) is 0 Å². The molecule has 0 saturated carbocycles. The Bertz CT molecular complexity index is 903. The van der Waals surface area contributed by atoms with Gasteiger partial charge in [-0.2, -0.15) is 0 Å². The molecule has 128 valence electrons. The molecule has 1 aliphatic heterocycles. The molecule has 0 aromatic heterocycles. The van der Waals surface area contributed by atoms with Gasteiger partial charge >= 0.3 is 11.9 Å². The molecule has 0 unspecified atom stereocenters. The third-order valence-corrected chi connectivity index (χ3v) is 5.25. The summed E-state index contributed by atoms with van der Waals surface area (Å²) in [7, 11) is -2.90. The second kappa shape index (κ2) is 7.59. The molecular formula is C18H15NO5S. The first kappa shape index (κ1) is 18.2. The Balaban J connectivity index is 0.000000242. The lowest BCUT2D eigenvalue weighted by molar-refractivity contribution is -0.134. The predicted molar refractivity (Wildman–Crippen MR) is 93.6 cm³/mol. The average molecular weight is 357 g/mol. The second-order valence-electron chi connectivity index (χ2n) is 4.97. The van der Waals surface area contributed by atoms with E-state index in [0.29, 0.717) is 21.9 Å². The van der Waals surface area contributed by atoms with E-state index in [1.54, 1.807) is 12.1 Å². The molecule has 0 aliphatic carbocycles. The summed E-state index contributed by atoms with van der Waals surface area (Å²) in [4.78, 5) is 20.3. The molecule has 0 spiro atoms. The Morgan fingerprint density at radius 3 is 1.52 bits per heavy atom. The highest BCUT2D eigenvalue weighted by Gasteiger charge is 2.20. The van der Waals surface area contributed by atoms with Crippen molar-refractivity contribution in [2.75, 3.05) is 0 Å². The first-order valence-electron chi connectivity index (χ1n) is 7.11. The maximum Gasteiger partial charge on any atom is 0.328 e. The minimum atomic E-state index is -2.90. The molecule has 7 heteroatoms. The van der Waals surface area contributed by atoms with Crippen LogP contribution in [0.1, 0.15) is 11.1 Å². The van der Waals surface area contributed by atoms with Gasteiger partial charge in [0.1, 0.15) is 9.73 Å². The van der Waals surface area contributed by atoms with Crippen molar-refractivity contribution in [2.45, 2.75) is 9.79 Å². The summed E-state index contributed by atoms with van der Waals surface area (Å²) in [5.41, 5.74) is 1.73. The Morgan fingerprint density at radius 2 is 1.16 bits per heavy atom. The van der Waals surface area contributed by atoms with Crippen molar-refractivity contribution < 1.29 is 24.0 Å². The van der Waals surface area contributed by atoms with Crippen molar-refractivity contribution in [1.29, 1.82) is 4.78 Å². The number of nitrogens with one attached hydrogen (secondary N) is 1. The zero-order chi connectivity index (χ0) is 18.4. The zero-order valence-electron chi connectivity index (χ0n) is 13.0. The van der Waals surface area contributed by atoms with Crippen molar-refractivity contribution in [3.8, 4) is 0 Å². The van der Waals surface area contributed by atoms with Gasteiger partial charge in [0, 0.05) is 12.2 Å². The van der Waals surface area contributed by atoms with Crippen LogP contribution in [-0.4, -0.2) is 26.4 Å². The number of rotatable bonds is 2. The first-order chi connectivity index (χ1) is 11.8. The number of benzene rings is 2. The van der Waals surface area contributed by atoms with Gasteiger partial charge in [0.05, 0.1) is 9.79 Å². The van der Waals surface area contributed by atoms with E-state index in [2.05, 4.69) is 0 Å². The molecule has 3 rings (SSSR count). The van der Waals surface area contributed by atoms with Crippen LogP contribution in [0.5, 0.6) is 0 Å². The number of carboxylic acid groups (broad SMARTS) is 2. The lowest BCUT2D eigenvalue weighted by Gasteiger charge is -2.10. The maximum atomic E-state index is 12.7. The van der Waals surface area contributed by atoms with E-state index in [1.807, 2.05) is 48.6 Å². The maximum absolute atomic E-state index is 12.7. The molecule has 0 fully saturated rings. The summed E-state index contributed by atoms with van der Waals surface area (Å²) in [6, 6.07) is 14.8. The van der Waals surface area contributed by atoms with Gasteiger partial charge in [0.15, 0.2) is 0 Å². The topological polar surface area (TPSA) is 116 Å². The Morgan fingerprint density at radius 1 is 0.800 bits per heavy atom. The number of hydrogen-bond donors (Lipinski definition) is 3. The number of fused-ring (bicyclic) bond motifs is 2. The molecular weight excluding hydrogens is 342 g/mol. The first-order valence-corrected chi connectivity index (χ1v) is 8.67. The molecule has 1 heterocycles. The van der Waals surface area contributed by atoms with Crippen LogP contribution in [0.15, 0.2) is 70.5 Å². The van der Waals surface area contributed by atoms with Crippen LogP contribution in [0.2, 0.25) is 0 Å². The van der Waals surface area contributed by atoms with Gasteiger partial charge in [-0.05, 0) is 23.3 Å². The average Bonchev–Trinajstić information content (AvgIpc) is 2.69. The van der Waals surface area contributed by atoms with E-state index in [0.717, 1.165) is 11.1 Å². The molecule has 0 bridgehead atoms. The summed E-state index contributed by atoms with van der Waals surface area (Å²) < 4.78 is 20.9. The normalized spacial score (nSPS) is 13.8. The minimum Gasteiger partial charge on any atom is -0.478 e. The molecule has 2 aromatic carbocycles. The number of carboxylic acids is 2. The smallest absolute Gasteiger partial charge is 0.328 e. The van der Waals surface area contributed by atoms with E-state index in [-0.39, 0.29) is 0 Å². The molecule has 0 radical (unpaired) electrons. The number of hydrogen-bond acceptors (Lipinski definition) is 4. The summed E-state index contributed by atoms with van der Waals surface area (Å²) >= 11 is 0. The van der Waals surface area contributed by atoms with Crippen molar-refractivity contribution >= 4 is 33.8 Å². The molecule has 6 nitrogen and oxygen atoms in total. The highest BCUT2D eigenvalue weighted by Crippen LogP contribution is 2.32. The Kier molecular flexibility index (Phi) is 5.51. The molecule has 2 aromatic rings. The third-order valence-electron chi connectivity index (χ3n) is 3.27. The van der Waals surface area contributed by atoms with Crippen molar-refractivity contribution in [2.24, 2.45) is 0 Å². The van der Waals surface area contributed by atoms with E-state index in [4.69, 9.17) is 15.0 Å². The monoisotopic (exact) mass is 357 g/mol. The van der Waals surface area contributed by atoms with Crippen LogP contribution >= 0.6 is 0 Å². The summed E-state index contributed by atoms with van der Waals surface area (Å²) in [6.07, 6.45) is 4.97. The summed E-state index contributed by atoms with van der Waals surface area (Å²) in [6.45, 7) is 0. The van der Waals surface area contributed by atoms with Gasteiger partial charge in [-0.25, -0.2) is 18.6 Å². The largest absolute Gasteiger partial charge is 0.478 e. The fourth-order valence-electron chi connectivity index (χ4n) is 2.20. The van der Waals surface area contributed by atoms with Gasteiger partial charge in [-0.3, -0.25) is 0 Å². The van der Waals surface area contributed by atoms with Gasteiger partial charge in [0.2, 0.25) is 0 Å². The van der Waals surface area contributed by atoms with Gasteiger partial charge in [-0.15, -0.1) is 0 Å². The van der Waals surface area contributed by atoms with Crippen molar-refractivity contribution in [1.82, 2.24) is 0 Å². The lowest BCUT2D eigenvalue weighted by Crippen LogP contribution is -2.02. The van der Waals surface area contributed by atoms with E-state index >= 15 is 0 Å². The SMILES string of the molecule is N=S1(=O)c2ccccc2C=Cc2ccccc21.O=C(O)/C=C\C(=O)O. The number of carbonyl (C=O) groups is 2.